The van der Waals surface area contributed by atoms with E-state index in [1.807, 2.05) is 6.26 Å². The largest absolute Gasteiger partial charge is 0.508 e. The topological polar surface area (TPSA) is 49.3 Å². The van der Waals surface area contributed by atoms with Gasteiger partial charge in [0.25, 0.3) is 5.91 Å². The number of phenols is 1. The highest BCUT2D eigenvalue weighted by Gasteiger charge is 2.10. The molecule has 0 saturated carbocycles. The van der Waals surface area contributed by atoms with E-state index in [9.17, 15) is 9.18 Å². The quantitative estimate of drug-likeness (QED) is 0.771. The van der Waals surface area contributed by atoms with Crippen LogP contribution < -0.4 is 5.32 Å². The molecule has 3 nitrogen and oxygen atoms in total. The van der Waals surface area contributed by atoms with Gasteiger partial charge in [-0.3, -0.25) is 4.79 Å². The molecule has 0 unspecified atom stereocenters. The molecule has 0 saturated heterocycles. The van der Waals surface area contributed by atoms with E-state index in [-0.39, 0.29) is 11.3 Å². The summed E-state index contributed by atoms with van der Waals surface area (Å²) in [5.74, 6) is -0.572. The highest BCUT2D eigenvalue weighted by Crippen LogP contribution is 2.14. The lowest BCUT2D eigenvalue weighted by atomic mass is 10.2. The Balaban J connectivity index is 2.65. The van der Waals surface area contributed by atoms with Crippen LogP contribution in [0, 0.1) is 5.82 Å². The first kappa shape index (κ1) is 11.8. The molecule has 0 aromatic heterocycles. The summed E-state index contributed by atoms with van der Waals surface area (Å²) in [5, 5.41) is 11.5. The molecule has 0 spiro atoms. The van der Waals surface area contributed by atoms with E-state index in [0.29, 0.717) is 6.54 Å². The summed E-state index contributed by atoms with van der Waals surface area (Å²) in [4.78, 5) is 11.4. The summed E-state index contributed by atoms with van der Waals surface area (Å²) in [7, 11) is 0. The average Bonchev–Trinajstić information content (AvgIpc) is 2.17. The fourth-order valence-electron chi connectivity index (χ4n) is 1.05. The minimum absolute atomic E-state index is 0.0473. The number of carbonyl (C=O) groups is 1. The van der Waals surface area contributed by atoms with Gasteiger partial charge in [-0.1, -0.05) is 0 Å². The summed E-state index contributed by atoms with van der Waals surface area (Å²) < 4.78 is 13.2. The van der Waals surface area contributed by atoms with Crippen molar-refractivity contribution >= 4 is 17.7 Å². The Morgan fingerprint density at radius 1 is 1.60 bits per heavy atom. The van der Waals surface area contributed by atoms with Crippen LogP contribution in [0.2, 0.25) is 0 Å². The molecular weight excluding hydrogens is 217 g/mol. The average molecular weight is 229 g/mol. The van der Waals surface area contributed by atoms with Crippen LogP contribution in [0.15, 0.2) is 18.2 Å². The monoisotopic (exact) mass is 229 g/mol. The second-order valence-corrected chi connectivity index (χ2v) is 3.90. The standard InChI is InChI=1S/C10H12FNO2S/c1-15-5-4-12-10(14)8-3-2-7(13)6-9(8)11/h2-3,6,13H,4-5H2,1H3,(H,12,14). The zero-order chi connectivity index (χ0) is 11.3. The molecule has 0 heterocycles. The number of aromatic hydroxyl groups is 1. The number of amides is 1. The predicted molar refractivity (Wildman–Crippen MR) is 58.8 cm³/mol. The summed E-state index contributed by atoms with van der Waals surface area (Å²) >= 11 is 1.60. The molecule has 1 rings (SSSR count). The summed E-state index contributed by atoms with van der Waals surface area (Å²) in [6.07, 6.45) is 1.92. The summed E-state index contributed by atoms with van der Waals surface area (Å²) in [5.41, 5.74) is -0.0473. The zero-order valence-corrected chi connectivity index (χ0v) is 9.10. The van der Waals surface area contributed by atoms with Gasteiger partial charge in [0.1, 0.15) is 11.6 Å². The molecule has 82 valence electrons. The molecule has 0 radical (unpaired) electrons. The number of hydrogen-bond acceptors (Lipinski definition) is 3. The maximum Gasteiger partial charge on any atom is 0.254 e. The molecule has 0 aliphatic heterocycles. The Hall–Kier alpha value is -1.23. The molecule has 15 heavy (non-hydrogen) atoms. The number of phenolic OH excluding ortho intramolecular Hbond substituents is 1. The van der Waals surface area contributed by atoms with Gasteiger partial charge in [0.2, 0.25) is 0 Å². The number of carbonyl (C=O) groups excluding carboxylic acids is 1. The van der Waals surface area contributed by atoms with Crippen LogP contribution in [0.5, 0.6) is 5.75 Å². The van der Waals surface area contributed by atoms with E-state index in [2.05, 4.69) is 5.32 Å². The van der Waals surface area contributed by atoms with Crippen LogP contribution in [0.25, 0.3) is 0 Å². The minimum Gasteiger partial charge on any atom is -0.508 e. The Kier molecular flexibility index (Phi) is 4.42. The van der Waals surface area contributed by atoms with Crippen molar-refractivity contribution in [2.75, 3.05) is 18.6 Å². The maximum atomic E-state index is 13.2. The molecule has 5 heteroatoms. The number of hydrogen-bond donors (Lipinski definition) is 2. The lowest BCUT2D eigenvalue weighted by molar-refractivity contribution is 0.0952. The first-order chi connectivity index (χ1) is 7.15. The van der Waals surface area contributed by atoms with Crippen molar-refractivity contribution in [3.8, 4) is 5.75 Å². The molecule has 0 aliphatic rings. The second-order valence-electron chi connectivity index (χ2n) is 2.91. The number of benzene rings is 1. The van der Waals surface area contributed by atoms with Crippen LogP contribution in [0.1, 0.15) is 10.4 Å². The third-order valence-electron chi connectivity index (χ3n) is 1.79. The number of nitrogens with one attached hydrogen (secondary N) is 1. The van der Waals surface area contributed by atoms with Crippen molar-refractivity contribution < 1.29 is 14.3 Å². The smallest absolute Gasteiger partial charge is 0.254 e. The fourth-order valence-corrected chi connectivity index (χ4v) is 1.36. The van der Waals surface area contributed by atoms with Crippen LogP contribution in [0.4, 0.5) is 4.39 Å². The molecule has 1 aromatic rings. The third-order valence-corrected chi connectivity index (χ3v) is 2.40. The fraction of sp³-hybridized carbons (Fsp3) is 0.300. The molecule has 0 atom stereocenters. The molecular formula is C10H12FNO2S. The molecule has 1 amide bonds. The van der Waals surface area contributed by atoms with Gasteiger partial charge in [0, 0.05) is 18.4 Å². The van der Waals surface area contributed by atoms with Crippen molar-refractivity contribution in [2.24, 2.45) is 0 Å². The molecule has 0 fully saturated rings. The highest BCUT2D eigenvalue weighted by molar-refractivity contribution is 7.98. The van der Waals surface area contributed by atoms with Crippen molar-refractivity contribution in [3.63, 3.8) is 0 Å². The Bertz CT molecular complexity index is 357. The van der Waals surface area contributed by atoms with Crippen LogP contribution >= 0.6 is 11.8 Å². The normalized spacial score (nSPS) is 10.0. The lowest BCUT2D eigenvalue weighted by Gasteiger charge is -2.05. The van der Waals surface area contributed by atoms with E-state index >= 15 is 0 Å². The Morgan fingerprint density at radius 2 is 2.33 bits per heavy atom. The van der Waals surface area contributed by atoms with Crippen LogP contribution in [0.3, 0.4) is 0 Å². The molecule has 0 bridgehead atoms. The zero-order valence-electron chi connectivity index (χ0n) is 8.29. The van der Waals surface area contributed by atoms with E-state index in [1.165, 1.54) is 12.1 Å². The third kappa shape index (κ3) is 3.43. The van der Waals surface area contributed by atoms with Gasteiger partial charge in [-0.2, -0.15) is 11.8 Å². The SMILES string of the molecule is CSCCNC(=O)c1ccc(O)cc1F. The number of halogens is 1. The van der Waals surface area contributed by atoms with Gasteiger partial charge in [-0.15, -0.1) is 0 Å². The van der Waals surface area contributed by atoms with Crippen molar-refractivity contribution in [2.45, 2.75) is 0 Å². The van der Waals surface area contributed by atoms with Crippen LogP contribution in [-0.4, -0.2) is 29.6 Å². The summed E-state index contributed by atoms with van der Waals surface area (Å²) in [6.45, 7) is 0.500. The van der Waals surface area contributed by atoms with Gasteiger partial charge < -0.3 is 10.4 Å². The molecule has 0 aliphatic carbocycles. The van der Waals surface area contributed by atoms with Crippen molar-refractivity contribution in [1.29, 1.82) is 0 Å². The van der Waals surface area contributed by atoms with Gasteiger partial charge in [-0.05, 0) is 18.4 Å². The Labute approximate surface area is 91.7 Å². The van der Waals surface area contributed by atoms with Gasteiger partial charge in [0.15, 0.2) is 0 Å². The summed E-state index contributed by atoms with van der Waals surface area (Å²) in [6, 6.07) is 3.47. The van der Waals surface area contributed by atoms with E-state index in [1.54, 1.807) is 11.8 Å². The lowest BCUT2D eigenvalue weighted by Crippen LogP contribution is -2.26. The van der Waals surface area contributed by atoms with Crippen molar-refractivity contribution in [1.82, 2.24) is 5.32 Å². The van der Waals surface area contributed by atoms with Crippen LogP contribution in [-0.2, 0) is 0 Å². The van der Waals surface area contributed by atoms with E-state index < -0.39 is 11.7 Å². The highest BCUT2D eigenvalue weighted by atomic mass is 32.2. The molecule has 2 N–H and O–H groups in total. The second kappa shape index (κ2) is 5.60. The Morgan fingerprint density at radius 3 is 2.93 bits per heavy atom. The maximum absolute atomic E-state index is 13.2. The van der Waals surface area contributed by atoms with Crippen molar-refractivity contribution in [3.05, 3.63) is 29.6 Å². The first-order valence-electron chi connectivity index (χ1n) is 4.41. The van der Waals surface area contributed by atoms with E-state index in [4.69, 9.17) is 5.11 Å². The van der Waals surface area contributed by atoms with Gasteiger partial charge in [-0.25, -0.2) is 4.39 Å². The molecule has 1 aromatic carbocycles. The minimum atomic E-state index is -0.711. The first-order valence-corrected chi connectivity index (χ1v) is 5.80. The van der Waals surface area contributed by atoms with Gasteiger partial charge >= 0.3 is 0 Å². The predicted octanol–water partition coefficient (Wildman–Crippen LogP) is 1.62. The number of thioether (sulfide) groups is 1. The van der Waals surface area contributed by atoms with Gasteiger partial charge in [0.05, 0.1) is 5.56 Å². The van der Waals surface area contributed by atoms with E-state index in [0.717, 1.165) is 11.8 Å². The number of rotatable bonds is 4.